The van der Waals surface area contributed by atoms with Gasteiger partial charge in [0.25, 0.3) is 0 Å². The Kier molecular flexibility index (Phi) is 8.72. The van der Waals surface area contributed by atoms with Crippen molar-refractivity contribution in [2.75, 3.05) is 18.0 Å². The van der Waals surface area contributed by atoms with Crippen molar-refractivity contribution in [1.82, 2.24) is 0 Å². The quantitative estimate of drug-likeness (QED) is 0.0658. The Balaban J connectivity index is 0.000000532. The van der Waals surface area contributed by atoms with Crippen LogP contribution < -0.4 is 9.47 Å². The van der Waals surface area contributed by atoms with Crippen molar-refractivity contribution < 1.29 is 34.2 Å². The number of terminal acetylenes is 1. The Hall–Kier alpha value is -3.50. The van der Waals surface area contributed by atoms with Crippen molar-refractivity contribution in [2.45, 2.75) is 39.7 Å². The Labute approximate surface area is 224 Å². The minimum absolute atomic E-state index is 0.841. The SMILES string of the molecule is C#CCCCC[n+]1ccc(/C=C/c2cc3ccc(N(CC)CC)cc3o2)c2ccccc21.F[P-](F)(F)(F)(F)F. The first-order valence-electron chi connectivity index (χ1n) is 12.6. The molecule has 39 heavy (non-hydrogen) atoms. The Morgan fingerprint density at radius 1 is 0.923 bits per heavy atom. The number of nitrogens with zero attached hydrogens (tertiary/aromatic N) is 2. The topological polar surface area (TPSA) is 20.3 Å². The molecule has 4 rings (SSSR count). The fraction of sp³-hybridized carbons (Fsp3) is 0.276. The van der Waals surface area contributed by atoms with Gasteiger partial charge < -0.3 is 9.32 Å². The molecule has 0 fully saturated rings. The summed E-state index contributed by atoms with van der Waals surface area (Å²) in [7, 11) is -10.7. The number of pyridine rings is 1. The van der Waals surface area contributed by atoms with Crippen LogP contribution in [0.1, 0.15) is 44.4 Å². The molecule has 3 nitrogen and oxygen atoms in total. The summed E-state index contributed by atoms with van der Waals surface area (Å²) in [6.07, 6.45) is 14.8. The molecule has 4 aromatic rings. The van der Waals surface area contributed by atoms with Gasteiger partial charge in [-0.1, -0.05) is 18.2 Å². The summed E-state index contributed by atoms with van der Waals surface area (Å²) in [6.45, 7) is 7.30. The number of para-hydroxylation sites is 1. The van der Waals surface area contributed by atoms with Crippen LogP contribution in [0, 0.1) is 12.3 Å². The van der Waals surface area contributed by atoms with Gasteiger partial charge in [0.05, 0.1) is 5.39 Å². The summed E-state index contributed by atoms with van der Waals surface area (Å²) in [6, 6.07) is 19.3. The van der Waals surface area contributed by atoms with Crippen LogP contribution in [-0.4, -0.2) is 13.1 Å². The molecule has 0 unspecified atom stereocenters. The van der Waals surface area contributed by atoms with Crippen LogP contribution >= 0.6 is 7.81 Å². The molecule has 0 aliphatic carbocycles. The van der Waals surface area contributed by atoms with Gasteiger partial charge in [0.2, 0.25) is 5.52 Å². The van der Waals surface area contributed by atoms with Crippen molar-refractivity contribution in [2.24, 2.45) is 0 Å². The Morgan fingerprint density at radius 3 is 2.28 bits per heavy atom. The average molecular weight is 569 g/mol. The molecule has 0 saturated heterocycles. The zero-order valence-electron chi connectivity index (χ0n) is 21.8. The molecular formula is C29H31F6N2OP. The third kappa shape index (κ3) is 9.96. The van der Waals surface area contributed by atoms with Crippen LogP contribution in [0.5, 0.6) is 0 Å². The number of aryl methyl sites for hydroxylation is 1. The number of unbranched alkanes of at least 4 members (excludes halogenated alkanes) is 2. The predicted molar refractivity (Wildman–Crippen MR) is 149 cm³/mol. The normalized spacial score (nSPS) is 13.5. The summed E-state index contributed by atoms with van der Waals surface area (Å²) in [4.78, 5) is 2.33. The van der Waals surface area contributed by atoms with Crippen molar-refractivity contribution in [1.29, 1.82) is 0 Å². The summed E-state index contributed by atoms with van der Waals surface area (Å²) in [5, 5.41) is 2.37. The summed E-state index contributed by atoms with van der Waals surface area (Å²) in [5.74, 6) is 3.59. The van der Waals surface area contributed by atoms with Gasteiger partial charge in [0.15, 0.2) is 6.20 Å². The van der Waals surface area contributed by atoms with Gasteiger partial charge in [-0.15, -0.1) is 12.3 Å². The number of rotatable bonds is 9. The molecule has 0 spiro atoms. The molecule has 0 radical (unpaired) electrons. The molecule has 10 heteroatoms. The molecule has 0 saturated carbocycles. The zero-order chi connectivity index (χ0) is 28.7. The molecule has 2 aromatic heterocycles. The van der Waals surface area contributed by atoms with Gasteiger partial charge >= 0.3 is 33.0 Å². The molecule has 0 bridgehead atoms. The number of benzene rings is 2. The van der Waals surface area contributed by atoms with E-state index in [0.29, 0.717) is 0 Å². The standard InChI is InChI=1S/C29H31N2O.F6P/c1-4-7-8-11-19-31-20-18-23(27-12-9-10-13-28(27)31)15-17-26-21-24-14-16-25(22-29(24)32-26)30(5-2)6-3;1-7(2,3,4,5)6/h1,9-10,12-18,20-22H,5-8,11,19H2,2-3H3;/q+1;-1. The molecule has 0 atom stereocenters. The second-order valence-electron chi connectivity index (χ2n) is 8.98. The van der Waals surface area contributed by atoms with E-state index < -0.39 is 7.81 Å². The Bertz CT molecular complexity index is 1490. The van der Waals surface area contributed by atoms with E-state index in [4.69, 9.17) is 10.8 Å². The number of anilines is 1. The van der Waals surface area contributed by atoms with E-state index in [1.807, 2.05) is 0 Å². The monoisotopic (exact) mass is 568 g/mol. The minimum atomic E-state index is -10.7. The first kappa shape index (κ1) is 30.0. The fourth-order valence-corrected chi connectivity index (χ4v) is 4.24. The second kappa shape index (κ2) is 11.3. The summed E-state index contributed by atoms with van der Waals surface area (Å²) >= 11 is 0. The van der Waals surface area contributed by atoms with Crippen molar-refractivity contribution in [3.63, 3.8) is 0 Å². The van der Waals surface area contributed by atoms with Gasteiger partial charge in [-0.3, -0.25) is 0 Å². The van der Waals surface area contributed by atoms with Gasteiger partial charge in [0, 0.05) is 55.2 Å². The third-order valence-corrected chi connectivity index (χ3v) is 6.01. The molecule has 2 heterocycles. The second-order valence-corrected chi connectivity index (χ2v) is 10.9. The van der Waals surface area contributed by atoms with Crippen LogP contribution in [0.4, 0.5) is 30.9 Å². The van der Waals surface area contributed by atoms with E-state index in [9.17, 15) is 25.2 Å². The van der Waals surface area contributed by atoms with E-state index in [0.717, 1.165) is 55.6 Å². The van der Waals surface area contributed by atoms with E-state index in [1.54, 1.807) is 0 Å². The van der Waals surface area contributed by atoms with Crippen LogP contribution in [0.25, 0.3) is 34.0 Å². The number of hydrogen-bond donors (Lipinski definition) is 0. The molecule has 0 amide bonds. The fourth-order valence-electron chi connectivity index (χ4n) is 4.24. The van der Waals surface area contributed by atoms with Gasteiger partial charge in [-0.25, -0.2) is 0 Å². The average Bonchev–Trinajstić information content (AvgIpc) is 3.27. The molecule has 210 valence electrons. The maximum absolute atomic E-state index is 10.7. The molecule has 2 aromatic carbocycles. The van der Waals surface area contributed by atoms with Crippen LogP contribution in [0.15, 0.2) is 65.2 Å². The van der Waals surface area contributed by atoms with Crippen LogP contribution in [-0.2, 0) is 6.54 Å². The molecule has 0 N–H and O–H groups in total. The van der Waals surface area contributed by atoms with E-state index in [2.05, 4.69) is 102 Å². The molecular weight excluding hydrogens is 537 g/mol. The van der Waals surface area contributed by atoms with Crippen LogP contribution in [0.3, 0.4) is 0 Å². The summed E-state index contributed by atoms with van der Waals surface area (Å²) in [5.41, 5.74) is 4.55. The van der Waals surface area contributed by atoms with E-state index in [1.165, 1.54) is 22.2 Å². The number of aromatic nitrogens is 1. The summed E-state index contributed by atoms with van der Waals surface area (Å²) < 4.78 is 67.7. The van der Waals surface area contributed by atoms with E-state index in [-0.39, 0.29) is 0 Å². The number of halogens is 6. The maximum atomic E-state index is 9.87. The van der Waals surface area contributed by atoms with Gasteiger partial charge in [-0.05, 0) is 56.2 Å². The first-order valence-corrected chi connectivity index (χ1v) is 14.6. The number of hydrogen-bond acceptors (Lipinski definition) is 2. The Morgan fingerprint density at radius 2 is 1.62 bits per heavy atom. The third-order valence-electron chi connectivity index (χ3n) is 6.01. The van der Waals surface area contributed by atoms with Gasteiger partial charge in [-0.2, -0.15) is 4.57 Å². The number of furan rings is 1. The predicted octanol–water partition coefficient (Wildman–Crippen LogP) is 10.1. The zero-order valence-corrected chi connectivity index (χ0v) is 22.7. The van der Waals surface area contributed by atoms with Crippen LogP contribution in [0.2, 0.25) is 0 Å². The first-order chi connectivity index (χ1) is 18.2. The number of fused-ring (bicyclic) bond motifs is 2. The van der Waals surface area contributed by atoms with E-state index >= 15 is 0 Å². The van der Waals surface area contributed by atoms with Gasteiger partial charge in [0.1, 0.15) is 17.9 Å². The molecule has 0 aliphatic rings. The molecule has 0 aliphatic heterocycles. The van der Waals surface area contributed by atoms with Crippen molar-refractivity contribution >= 4 is 47.5 Å². The van der Waals surface area contributed by atoms with Crippen molar-refractivity contribution in [3.05, 3.63) is 72.1 Å². The van der Waals surface area contributed by atoms with Crippen molar-refractivity contribution in [3.8, 4) is 12.3 Å².